The minimum atomic E-state index is -0.482. The third-order valence-corrected chi connectivity index (χ3v) is 3.55. The molecule has 2 aliphatic rings. The van der Waals surface area contributed by atoms with Crippen molar-refractivity contribution >= 4 is 11.9 Å². The molecule has 0 aromatic carbocycles. The summed E-state index contributed by atoms with van der Waals surface area (Å²) in [6, 6.07) is 0.00333. The van der Waals surface area contributed by atoms with Crippen molar-refractivity contribution in [2.45, 2.75) is 58.1 Å². The lowest BCUT2D eigenvalue weighted by Crippen LogP contribution is -2.65. The van der Waals surface area contributed by atoms with Crippen LogP contribution in [0.25, 0.3) is 0 Å². The highest BCUT2D eigenvalue weighted by Gasteiger charge is 2.58. The van der Waals surface area contributed by atoms with Crippen LogP contribution in [0.15, 0.2) is 0 Å². The molecule has 1 N–H and O–H groups in total. The van der Waals surface area contributed by atoms with Gasteiger partial charge in [0.2, 0.25) is 0 Å². The molecular formula is C12H19NO3. The molecule has 0 bridgehead atoms. The highest BCUT2D eigenvalue weighted by molar-refractivity contribution is 5.94. The van der Waals surface area contributed by atoms with Gasteiger partial charge >= 0.3 is 6.09 Å². The van der Waals surface area contributed by atoms with Gasteiger partial charge in [0, 0.05) is 11.8 Å². The molecule has 0 radical (unpaired) electrons. The molecular weight excluding hydrogens is 206 g/mol. The van der Waals surface area contributed by atoms with Crippen molar-refractivity contribution in [3.63, 3.8) is 0 Å². The standard InChI is InChI=1S/C12H19NO3/c1-11(2,3)16-10(15)13-8-7-9(14)12(8)5-4-6-12/h8H,4-7H2,1-3H3,(H,13,15). The summed E-state index contributed by atoms with van der Waals surface area (Å²) in [4.78, 5) is 23.1. The molecule has 0 aromatic rings. The Morgan fingerprint density at radius 1 is 1.44 bits per heavy atom. The zero-order valence-corrected chi connectivity index (χ0v) is 10.1. The molecule has 1 spiro atoms. The van der Waals surface area contributed by atoms with Crippen molar-refractivity contribution in [3.8, 4) is 0 Å². The molecule has 1 unspecified atom stereocenters. The van der Waals surface area contributed by atoms with E-state index in [1.54, 1.807) is 0 Å². The molecule has 2 aliphatic carbocycles. The van der Waals surface area contributed by atoms with Crippen LogP contribution in [0, 0.1) is 5.41 Å². The van der Waals surface area contributed by atoms with Crippen molar-refractivity contribution in [1.82, 2.24) is 5.32 Å². The highest BCUT2D eigenvalue weighted by atomic mass is 16.6. The molecule has 90 valence electrons. The SMILES string of the molecule is CC(C)(C)OC(=O)NC1CC(=O)C12CCC2. The van der Waals surface area contributed by atoms with Gasteiger partial charge in [-0.15, -0.1) is 0 Å². The summed E-state index contributed by atoms with van der Waals surface area (Å²) in [7, 11) is 0. The number of ketones is 1. The number of Topliss-reactive ketones (excluding diaryl/α,β-unsaturated/α-hetero) is 1. The van der Waals surface area contributed by atoms with Crippen LogP contribution in [0.4, 0.5) is 4.79 Å². The Hall–Kier alpha value is -1.06. The quantitative estimate of drug-likeness (QED) is 0.742. The summed E-state index contributed by atoms with van der Waals surface area (Å²) in [5.41, 5.74) is -0.707. The van der Waals surface area contributed by atoms with Gasteiger partial charge in [-0.1, -0.05) is 6.42 Å². The van der Waals surface area contributed by atoms with Gasteiger partial charge in [0.15, 0.2) is 0 Å². The van der Waals surface area contributed by atoms with E-state index in [1.165, 1.54) is 0 Å². The van der Waals surface area contributed by atoms with Gasteiger partial charge in [-0.05, 0) is 33.6 Å². The van der Waals surface area contributed by atoms with E-state index < -0.39 is 11.7 Å². The normalized spacial score (nSPS) is 26.9. The van der Waals surface area contributed by atoms with Crippen molar-refractivity contribution in [1.29, 1.82) is 0 Å². The van der Waals surface area contributed by atoms with E-state index in [0.717, 1.165) is 19.3 Å². The number of hydrogen-bond donors (Lipinski definition) is 1. The van der Waals surface area contributed by atoms with E-state index in [2.05, 4.69) is 5.32 Å². The molecule has 0 heterocycles. The van der Waals surface area contributed by atoms with Crippen LogP contribution in [-0.2, 0) is 9.53 Å². The lowest BCUT2D eigenvalue weighted by molar-refractivity contribution is -0.149. The van der Waals surface area contributed by atoms with Crippen LogP contribution in [0.1, 0.15) is 46.5 Å². The molecule has 1 amide bonds. The number of rotatable bonds is 1. The van der Waals surface area contributed by atoms with E-state index in [-0.39, 0.29) is 11.5 Å². The van der Waals surface area contributed by atoms with Gasteiger partial charge in [0.1, 0.15) is 11.4 Å². The first-order valence-electron chi connectivity index (χ1n) is 5.86. The zero-order valence-electron chi connectivity index (χ0n) is 10.1. The van der Waals surface area contributed by atoms with Crippen LogP contribution in [0.5, 0.6) is 0 Å². The van der Waals surface area contributed by atoms with Crippen LogP contribution >= 0.6 is 0 Å². The first-order chi connectivity index (χ1) is 7.33. The minimum absolute atomic E-state index is 0.00333. The van der Waals surface area contributed by atoms with Crippen LogP contribution in [0.3, 0.4) is 0 Å². The maximum Gasteiger partial charge on any atom is 0.407 e. The summed E-state index contributed by atoms with van der Waals surface area (Å²) in [6.07, 6.45) is 3.01. The zero-order chi connectivity index (χ0) is 12.0. The fourth-order valence-electron chi connectivity index (χ4n) is 2.47. The molecule has 1 atom stereocenters. The Morgan fingerprint density at radius 2 is 2.06 bits per heavy atom. The predicted molar refractivity (Wildman–Crippen MR) is 59.1 cm³/mol. The number of hydrogen-bond acceptors (Lipinski definition) is 3. The Kier molecular flexibility index (Phi) is 2.48. The first-order valence-corrected chi connectivity index (χ1v) is 5.86. The largest absolute Gasteiger partial charge is 0.444 e. The smallest absolute Gasteiger partial charge is 0.407 e. The minimum Gasteiger partial charge on any atom is -0.444 e. The van der Waals surface area contributed by atoms with Crippen LogP contribution < -0.4 is 5.32 Å². The number of amides is 1. The maximum atomic E-state index is 11.6. The highest BCUT2D eigenvalue weighted by Crippen LogP contribution is 2.53. The Labute approximate surface area is 95.7 Å². The van der Waals surface area contributed by atoms with E-state index in [0.29, 0.717) is 12.2 Å². The number of alkyl carbamates (subject to hydrolysis) is 1. The molecule has 2 saturated carbocycles. The van der Waals surface area contributed by atoms with E-state index in [4.69, 9.17) is 4.74 Å². The second-order valence-corrected chi connectivity index (χ2v) is 5.84. The third kappa shape index (κ3) is 1.81. The average molecular weight is 225 g/mol. The first kappa shape index (κ1) is 11.4. The Morgan fingerprint density at radius 3 is 2.44 bits per heavy atom. The molecule has 0 aromatic heterocycles. The molecule has 0 saturated heterocycles. The lowest BCUT2D eigenvalue weighted by atomic mass is 9.52. The average Bonchev–Trinajstić information content (AvgIpc) is 1.95. The summed E-state index contributed by atoms with van der Waals surface area (Å²) in [5.74, 6) is 0.305. The molecule has 4 heteroatoms. The third-order valence-electron chi connectivity index (χ3n) is 3.55. The molecule has 2 fully saturated rings. The number of carbonyl (C=O) groups is 2. The summed E-state index contributed by atoms with van der Waals surface area (Å²) < 4.78 is 5.18. The van der Waals surface area contributed by atoms with Gasteiger partial charge in [-0.3, -0.25) is 4.79 Å². The van der Waals surface area contributed by atoms with Gasteiger partial charge in [0.25, 0.3) is 0 Å². The van der Waals surface area contributed by atoms with Gasteiger partial charge < -0.3 is 10.1 Å². The number of nitrogens with one attached hydrogen (secondary N) is 1. The molecule has 2 rings (SSSR count). The summed E-state index contributed by atoms with van der Waals surface area (Å²) >= 11 is 0. The predicted octanol–water partition coefficient (Wildman–Crippen LogP) is 2.02. The lowest BCUT2D eigenvalue weighted by Gasteiger charge is -2.53. The molecule has 0 aliphatic heterocycles. The van der Waals surface area contributed by atoms with Crippen molar-refractivity contribution in [2.75, 3.05) is 0 Å². The Balaban J connectivity index is 1.87. The van der Waals surface area contributed by atoms with Crippen molar-refractivity contribution in [3.05, 3.63) is 0 Å². The number of carbonyl (C=O) groups excluding carboxylic acids is 2. The summed E-state index contributed by atoms with van der Waals surface area (Å²) in [6.45, 7) is 5.49. The van der Waals surface area contributed by atoms with Crippen LogP contribution in [-0.4, -0.2) is 23.5 Å². The topological polar surface area (TPSA) is 55.4 Å². The molecule has 4 nitrogen and oxygen atoms in total. The van der Waals surface area contributed by atoms with Gasteiger partial charge in [-0.2, -0.15) is 0 Å². The fourth-order valence-corrected chi connectivity index (χ4v) is 2.47. The van der Waals surface area contributed by atoms with Crippen LogP contribution in [0.2, 0.25) is 0 Å². The Bertz CT molecular complexity index is 326. The fraction of sp³-hybridized carbons (Fsp3) is 0.833. The molecule has 16 heavy (non-hydrogen) atoms. The van der Waals surface area contributed by atoms with Gasteiger partial charge in [0.05, 0.1) is 6.04 Å². The van der Waals surface area contributed by atoms with E-state index in [1.807, 2.05) is 20.8 Å². The maximum absolute atomic E-state index is 11.6. The van der Waals surface area contributed by atoms with Crippen molar-refractivity contribution in [2.24, 2.45) is 5.41 Å². The summed E-state index contributed by atoms with van der Waals surface area (Å²) in [5, 5.41) is 2.81. The van der Waals surface area contributed by atoms with E-state index in [9.17, 15) is 9.59 Å². The second kappa shape index (κ2) is 3.47. The number of ether oxygens (including phenoxy) is 1. The van der Waals surface area contributed by atoms with Gasteiger partial charge in [-0.25, -0.2) is 4.79 Å². The van der Waals surface area contributed by atoms with Crippen molar-refractivity contribution < 1.29 is 14.3 Å². The second-order valence-electron chi connectivity index (χ2n) is 5.84. The monoisotopic (exact) mass is 225 g/mol. The van der Waals surface area contributed by atoms with E-state index >= 15 is 0 Å².